The SMILES string of the molecule is Cc1cc2cc([C@@H](CC(=O)O)c3ccc(C)c(CN4C[C@H]5CCCN5c5ncccc5S4(=O)=O)c3)n(C)c2nn1. The number of aromatic nitrogens is 4. The van der Waals surface area contributed by atoms with Crippen LogP contribution in [-0.2, 0) is 28.4 Å². The van der Waals surface area contributed by atoms with Crippen molar-refractivity contribution in [2.45, 2.75) is 56.5 Å². The summed E-state index contributed by atoms with van der Waals surface area (Å²) in [5.74, 6) is -0.832. The van der Waals surface area contributed by atoms with E-state index < -0.39 is 21.9 Å². The highest BCUT2D eigenvalue weighted by Gasteiger charge is 2.40. The monoisotopic (exact) mass is 560 g/mol. The first-order valence-electron chi connectivity index (χ1n) is 13.5. The number of hydrogen-bond acceptors (Lipinski definition) is 7. The first-order valence-corrected chi connectivity index (χ1v) is 14.9. The number of anilines is 1. The highest BCUT2D eigenvalue weighted by molar-refractivity contribution is 7.89. The third-order valence-electron chi connectivity index (χ3n) is 8.22. The summed E-state index contributed by atoms with van der Waals surface area (Å²) in [6, 6.07) is 13.1. The van der Waals surface area contributed by atoms with Crippen LogP contribution in [0.25, 0.3) is 11.0 Å². The summed E-state index contributed by atoms with van der Waals surface area (Å²) >= 11 is 0. The number of carboxylic acid groups (broad SMARTS) is 1. The van der Waals surface area contributed by atoms with Crippen molar-refractivity contribution in [2.24, 2.45) is 7.05 Å². The quantitative estimate of drug-likeness (QED) is 0.378. The lowest BCUT2D eigenvalue weighted by Crippen LogP contribution is -2.39. The van der Waals surface area contributed by atoms with Gasteiger partial charge in [-0.15, -0.1) is 5.10 Å². The van der Waals surface area contributed by atoms with Gasteiger partial charge in [0.1, 0.15) is 10.7 Å². The smallest absolute Gasteiger partial charge is 0.304 e. The van der Waals surface area contributed by atoms with Crippen molar-refractivity contribution in [1.29, 1.82) is 0 Å². The van der Waals surface area contributed by atoms with Gasteiger partial charge in [-0.3, -0.25) is 4.79 Å². The molecule has 40 heavy (non-hydrogen) atoms. The molecule has 2 aliphatic heterocycles. The Hall–Kier alpha value is -3.83. The Morgan fingerprint density at radius 2 is 1.98 bits per heavy atom. The van der Waals surface area contributed by atoms with Crippen LogP contribution in [0.2, 0.25) is 0 Å². The normalized spacial score (nSPS) is 19.3. The minimum absolute atomic E-state index is 0.0644. The number of benzene rings is 1. The van der Waals surface area contributed by atoms with E-state index in [1.807, 2.05) is 55.8 Å². The van der Waals surface area contributed by atoms with E-state index in [0.29, 0.717) is 18.0 Å². The molecular formula is C29H32N6O4S. The van der Waals surface area contributed by atoms with Crippen LogP contribution in [0.5, 0.6) is 0 Å². The molecule has 208 valence electrons. The standard InChI is InChI=1S/C29H32N6O4S/c1-18-8-9-20(24(15-27(36)37)25-14-21-12-19(2)31-32-28(21)33(25)3)13-22(18)16-34-17-23-6-5-11-35(23)29-26(40(34,38)39)7-4-10-30-29/h4,7-10,12-14,23-24H,5-6,11,15-17H2,1-3H3,(H,36,37)/t23-,24+/m1/s1. The summed E-state index contributed by atoms with van der Waals surface area (Å²) in [4.78, 5) is 18.8. The highest BCUT2D eigenvalue weighted by Crippen LogP contribution is 2.37. The topological polar surface area (TPSA) is 122 Å². The fourth-order valence-electron chi connectivity index (χ4n) is 6.14. The van der Waals surface area contributed by atoms with Crippen LogP contribution >= 0.6 is 0 Å². The summed E-state index contributed by atoms with van der Waals surface area (Å²) in [5, 5.41) is 19.2. The predicted molar refractivity (Wildman–Crippen MR) is 151 cm³/mol. The molecule has 0 bridgehead atoms. The molecular weight excluding hydrogens is 528 g/mol. The van der Waals surface area contributed by atoms with Crippen LogP contribution in [0.15, 0.2) is 53.6 Å². The van der Waals surface area contributed by atoms with Crippen molar-refractivity contribution in [3.05, 3.63) is 76.7 Å². The summed E-state index contributed by atoms with van der Waals surface area (Å²) < 4.78 is 31.2. The molecule has 0 unspecified atom stereocenters. The van der Waals surface area contributed by atoms with Crippen LogP contribution < -0.4 is 4.90 Å². The fourth-order valence-corrected chi connectivity index (χ4v) is 7.75. The summed E-state index contributed by atoms with van der Waals surface area (Å²) in [6.07, 6.45) is 3.44. The maximum Gasteiger partial charge on any atom is 0.304 e. The second-order valence-corrected chi connectivity index (χ2v) is 12.7. The molecule has 5 heterocycles. The number of fused-ring (bicyclic) bond motifs is 4. The minimum Gasteiger partial charge on any atom is -0.481 e. The average Bonchev–Trinajstić information content (AvgIpc) is 3.49. The maximum atomic E-state index is 13.9. The number of sulfonamides is 1. The van der Waals surface area contributed by atoms with Crippen molar-refractivity contribution in [3.8, 4) is 0 Å². The van der Waals surface area contributed by atoms with Gasteiger partial charge in [0, 0.05) is 55.9 Å². The molecule has 3 aromatic heterocycles. The number of hydrogen-bond donors (Lipinski definition) is 1. The van der Waals surface area contributed by atoms with Gasteiger partial charge in [0.25, 0.3) is 0 Å². The molecule has 10 nitrogen and oxygen atoms in total. The number of rotatable bonds is 6. The van der Waals surface area contributed by atoms with Crippen molar-refractivity contribution < 1.29 is 18.3 Å². The molecule has 11 heteroatoms. The van der Waals surface area contributed by atoms with Gasteiger partial charge < -0.3 is 14.6 Å². The second-order valence-electron chi connectivity index (χ2n) is 10.8. The summed E-state index contributed by atoms with van der Waals surface area (Å²) in [6.45, 7) is 5.19. The zero-order valence-electron chi connectivity index (χ0n) is 22.8. The Labute approximate surface area is 233 Å². The molecule has 0 spiro atoms. The Morgan fingerprint density at radius 3 is 2.77 bits per heavy atom. The first kappa shape index (κ1) is 26.4. The van der Waals surface area contributed by atoms with E-state index in [2.05, 4.69) is 20.1 Å². The van der Waals surface area contributed by atoms with E-state index in [-0.39, 0.29) is 23.9 Å². The van der Waals surface area contributed by atoms with E-state index in [1.165, 1.54) is 0 Å². The van der Waals surface area contributed by atoms with Gasteiger partial charge in [0.15, 0.2) is 5.65 Å². The molecule has 6 rings (SSSR count). The summed E-state index contributed by atoms with van der Waals surface area (Å²) in [7, 11) is -1.92. The van der Waals surface area contributed by atoms with Gasteiger partial charge in [-0.1, -0.05) is 18.2 Å². The van der Waals surface area contributed by atoms with E-state index in [4.69, 9.17) is 0 Å². The van der Waals surface area contributed by atoms with Crippen molar-refractivity contribution in [2.75, 3.05) is 18.0 Å². The van der Waals surface area contributed by atoms with Crippen LogP contribution in [0.4, 0.5) is 5.82 Å². The van der Waals surface area contributed by atoms with Crippen LogP contribution in [0.1, 0.15) is 53.3 Å². The van der Waals surface area contributed by atoms with Gasteiger partial charge in [-0.05, 0) is 67.6 Å². The van der Waals surface area contributed by atoms with E-state index in [9.17, 15) is 18.3 Å². The third-order valence-corrected chi connectivity index (χ3v) is 10.1. The Balaban J connectivity index is 1.40. The second kappa shape index (κ2) is 9.97. The molecule has 1 fully saturated rings. The summed E-state index contributed by atoms with van der Waals surface area (Å²) in [5.41, 5.74) is 4.90. The van der Waals surface area contributed by atoms with Gasteiger partial charge in [-0.25, -0.2) is 13.4 Å². The van der Waals surface area contributed by atoms with Gasteiger partial charge in [0.05, 0.1) is 12.1 Å². The average molecular weight is 561 g/mol. The fraction of sp³-hybridized carbons (Fsp3) is 0.379. The van der Waals surface area contributed by atoms with E-state index in [1.54, 1.807) is 22.6 Å². The molecule has 4 aromatic rings. The number of carboxylic acids is 1. The lowest BCUT2D eigenvalue weighted by Gasteiger charge is -2.26. The zero-order chi connectivity index (χ0) is 28.2. The van der Waals surface area contributed by atoms with Crippen molar-refractivity contribution >= 4 is 32.8 Å². The number of aryl methyl sites for hydroxylation is 3. The molecule has 0 saturated carbocycles. The number of pyridine rings is 1. The molecule has 1 N–H and O–H groups in total. The van der Waals surface area contributed by atoms with Crippen LogP contribution in [-0.4, -0.2) is 62.7 Å². The molecule has 2 atom stereocenters. The van der Waals surface area contributed by atoms with Gasteiger partial charge in [-0.2, -0.15) is 9.40 Å². The number of aliphatic carboxylic acids is 1. The van der Waals surface area contributed by atoms with Crippen molar-refractivity contribution in [3.63, 3.8) is 0 Å². The lowest BCUT2D eigenvalue weighted by atomic mass is 9.89. The van der Waals surface area contributed by atoms with Gasteiger partial charge in [0.2, 0.25) is 10.0 Å². The molecule has 1 aromatic carbocycles. The van der Waals surface area contributed by atoms with E-state index >= 15 is 0 Å². The Kier molecular flexibility index (Phi) is 6.58. The van der Waals surface area contributed by atoms with Crippen molar-refractivity contribution in [1.82, 2.24) is 24.1 Å². The minimum atomic E-state index is -3.79. The number of carbonyl (C=O) groups is 1. The van der Waals surface area contributed by atoms with Crippen LogP contribution in [0.3, 0.4) is 0 Å². The highest BCUT2D eigenvalue weighted by atomic mass is 32.2. The molecule has 0 amide bonds. The largest absolute Gasteiger partial charge is 0.481 e. The first-order chi connectivity index (χ1) is 19.1. The third kappa shape index (κ3) is 4.52. The Morgan fingerprint density at radius 1 is 1.15 bits per heavy atom. The van der Waals surface area contributed by atoms with Crippen LogP contribution in [0, 0.1) is 13.8 Å². The zero-order valence-corrected chi connectivity index (χ0v) is 23.6. The lowest BCUT2D eigenvalue weighted by molar-refractivity contribution is -0.137. The Bertz CT molecular complexity index is 1730. The number of nitrogens with zero attached hydrogens (tertiary/aromatic N) is 6. The molecule has 0 radical (unpaired) electrons. The predicted octanol–water partition coefficient (Wildman–Crippen LogP) is 3.76. The van der Waals surface area contributed by atoms with E-state index in [0.717, 1.165) is 52.9 Å². The van der Waals surface area contributed by atoms with Gasteiger partial charge >= 0.3 is 5.97 Å². The molecule has 1 saturated heterocycles. The molecule has 0 aliphatic carbocycles. The molecule has 2 aliphatic rings. The maximum absolute atomic E-state index is 13.9.